The van der Waals surface area contributed by atoms with Crippen LogP contribution in [-0.2, 0) is 29.1 Å². The lowest BCUT2D eigenvalue weighted by molar-refractivity contribution is 0.139. The quantitative estimate of drug-likeness (QED) is 0.538. The van der Waals surface area contributed by atoms with Gasteiger partial charge in [0.15, 0.2) is 0 Å². The first-order valence-electron chi connectivity index (χ1n) is 9.49. The van der Waals surface area contributed by atoms with Gasteiger partial charge in [0.2, 0.25) is 0 Å². The molecule has 1 amide bonds. The van der Waals surface area contributed by atoms with Crippen molar-refractivity contribution >= 4 is 6.09 Å². The molecule has 2 heterocycles. The van der Waals surface area contributed by atoms with Crippen LogP contribution in [0.2, 0.25) is 0 Å². The smallest absolute Gasteiger partial charge is 0.407 e. The van der Waals surface area contributed by atoms with Crippen LogP contribution in [0.15, 0.2) is 48.5 Å². The zero-order valence-corrected chi connectivity index (χ0v) is 16.8. The summed E-state index contributed by atoms with van der Waals surface area (Å²) in [7, 11) is 4.89. The maximum absolute atomic E-state index is 11.8. The highest BCUT2D eigenvalue weighted by atomic mass is 16.5. The lowest BCUT2D eigenvalue weighted by Crippen LogP contribution is -2.19. The SMILES string of the molecule is CNC(=O)OCc1c(COC)c2n(c1-c1ccc(OC)cc1)-c1ccccc1C2. The second kappa shape index (κ2) is 8.01. The summed E-state index contributed by atoms with van der Waals surface area (Å²) in [5.74, 6) is 0.794. The molecule has 0 spiro atoms. The van der Waals surface area contributed by atoms with Crippen LogP contribution in [0.4, 0.5) is 4.79 Å². The number of carbonyl (C=O) groups excluding carboxylic acids is 1. The lowest BCUT2D eigenvalue weighted by atomic mass is 10.0. The van der Waals surface area contributed by atoms with E-state index in [1.165, 1.54) is 11.3 Å². The van der Waals surface area contributed by atoms with Crippen molar-refractivity contribution in [3.63, 3.8) is 0 Å². The highest BCUT2D eigenvalue weighted by Gasteiger charge is 2.30. The summed E-state index contributed by atoms with van der Waals surface area (Å²) in [4.78, 5) is 11.8. The van der Waals surface area contributed by atoms with Crippen LogP contribution in [-0.4, -0.2) is 31.9 Å². The Morgan fingerprint density at radius 1 is 1.03 bits per heavy atom. The average molecular weight is 392 g/mol. The predicted octanol–water partition coefficient (Wildman–Crippen LogP) is 4.06. The summed E-state index contributed by atoms with van der Waals surface area (Å²) in [6.45, 7) is 0.619. The van der Waals surface area contributed by atoms with Crippen molar-refractivity contribution < 1.29 is 19.0 Å². The van der Waals surface area contributed by atoms with Gasteiger partial charge >= 0.3 is 6.09 Å². The van der Waals surface area contributed by atoms with E-state index < -0.39 is 6.09 Å². The second-order valence-corrected chi connectivity index (χ2v) is 6.88. The Morgan fingerprint density at radius 2 is 1.79 bits per heavy atom. The minimum Gasteiger partial charge on any atom is -0.497 e. The van der Waals surface area contributed by atoms with E-state index in [0.29, 0.717) is 6.61 Å². The Hall–Kier alpha value is -3.25. The van der Waals surface area contributed by atoms with E-state index in [9.17, 15) is 4.79 Å². The monoisotopic (exact) mass is 392 g/mol. The molecule has 1 N–H and O–H groups in total. The number of para-hydroxylation sites is 1. The van der Waals surface area contributed by atoms with E-state index in [2.05, 4.69) is 28.1 Å². The highest BCUT2D eigenvalue weighted by molar-refractivity contribution is 5.74. The van der Waals surface area contributed by atoms with Crippen molar-refractivity contribution in [3.05, 3.63) is 70.9 Å². The van der Waals surface area contributed by atoms with E-state index in [4.69, 9.17) is 14.2 Å². The Morgan fingerprint density at radius 3 is 2.48 bits per heavy atom. The standard InChI is InChI=1S/C23H24N2O4/c1-24-23(26)29-14-19-18(13-27-2)21-12-16-6-4-5-7-20(16)25(21)22(19)15-8-10-17(28-3)11-9-15/h4-11H,12-14H2,1-3H3,(H,24,26). The number of ether oxygens (including phenoxy) is 3. The normalized spacial score (nSPS) is 11.7. The Balaban J connectivity index is 1.92. The number of nitrogens with one attached hydrogen (secondary N) is 1. The molecule has 29 heavy (non-hydrogen) atoms. The van der Waals surface area contributed by atoms with E-state index in [1.807, 2.05) is 30.3 Å². The molecule has 0 saturated carbocycles. The van der Waals surface area contributed by atoms with E-state index in [1.54, 1.807) is 21.3 Å². The molecule has 6 nitrogen and oxygen atoms in total. The first-order valence-corrected chi connectivity index (χ1v) is 9.49. The predicted molar refractivity (Wildman–Crippen MR) is 111 cm³/mol. The van der Waals surface area contributed by atoms with Gasteiger partial charge in [0.1, 0.15) is 12.4 Å². The first kappa shape index (κ1) is 19.1. The number of methoxy groups -OCH3 is 2. The fraction of sp³-hybridized carbons (Fsp3) is 0.261. The molecule has 2 aromatic carbocycles. The van der Waals surface area contributed by atoms with Crippen molar-refractivity contribution in [2.75, 3.05) is 21.3 Å². The van der Waals surface area contributed by atoms with Crippen molar-refractivity contribution in [1.82, 2.24) is 9.88 Å². The maximum atomic E-state index is 11.8. The highest BCUT2D eigenvalue weighted by Crippen LogP contribution is 2.41. The van der Waals surface area contributed by atoms with Crippen LogP contribution in [0.1, 0.15) is 22.4 Å². The maximum Gasteiger partial charge on any atom is 0.407 e. The zero-order valence-electron chi connectivity index (χ0n) is 16.8. The third kappa shape index (κ3) is 3.36. The van der Waals surface area contributed by atoms with Gasteiger partial charge in [0.25, 0.3) is 0 Å². The molecule has 0 unspecified atom stereocenters. The summed E-state index contributed by atoms with van der Waals surface area (Å²) in [5, 5.41) is 2.51. The fourth-order valence-electron chi connectivity index (χ4n) is 3.96. The molecule has 1 aliphatic rings. The molecule has 0 aliphatic carbocycles. The summed E-state index contributed by atoms with van der Waals surface area (Å²) in [6.07, 6.45) is 0.360. The molecule has 150 valence electrons. The van der Waals surface area contributed by atoms with Gasteiger partial charge in [-0.25, -0.2) is 4.79 Å². The van der Waals surface area contributed by atoms with E-state index in [-0.39, 0.29) is 6.61 Å². The number of aromatic nitrogens is 1. The van der Waals surface area contributed by atoms with Gasteiger partial charge in [-0.3, -0.25) is 0 Å². The molecule has 4 rings (SSSR count). The minimum atomic E-state index is -0.458. The zero-order chi connectivity index (χ0) is 20.4. The number of alkyl carbamates (subject to hydrolysis) is 1. The van der Waals surface area contributed by atoms with Gasteiger partial charge in [-0.2, -0.15) is 0 Å². The molecule has 6 heteroatoms. The van der Waals surface area contributed by atoms with Crippen molar-refractivity contribution in [1.29, 1.82) is 0 Å². The van der Waals surface area contributed by atoms with Crippen molar-refractivity contribution in [2.45, 2.75) is 19.6 Å². The largest absolute Gasteiger partial charge is 0.497 e. The third-order valence-electron chi connectivity index (χ3n) is 5.29. The Bertz CT molecular complexity index is 1040. The Labute approximate surface area is 170 Å². The summed E-state index contributed by atoms with van der Waals surface area (Å²) in [6, 6.07) is 16.3. The number of amides is 1. The summed E-state index contributed by atoms with van der Waals surface area (Å²) < 4.78 is 18.6. The van der Waals surface area contributed by atoms with Gasteiger partial charge in [-0.05, 0) is 41.5 Å². The van der Waals surface area contributed by atoms with Crippen LogP contribution in [0.3, 0.4) is 0 Å². The number of benzene rings is 2. The number of hydrogen-bond acceptors (Lipinski definition) is 4. The molecular formula is C23H24N2O4. The van der Waals surface area contributed by atoms with Crippen LogP contribution in [0.25, 0.3) is 16.9 Å². The Kier molecular flexibility index (Phi) is 5.27. The molecule has 0 fully saturated rings. The van der Waals surface area contributed by atoms with Crippen LogP contribution in [0, 0.1) is 0 Å². The van der Waals surface area contributed by atoms with Gasteiger partial charge in [0, 0.05) is 43.1 Å². The summed E-state index contributed by atoms with van der Waals surface area (Å²) >= 11 is 0. The van der Waals surface area contributed by atoms with Crippen LogP contribution >= 0.6 is 0 Å². The molecule has 0 bridgehead atoms. The fourth-order valence-corrected chi connectivity index (χ4v) is 3.96. The first-order chi connectivity index (χ1) is 14.2. The number of hydrogen-bond donors (Lipinski definition) is 1. The molecule has 1 aromatic heterocycles. The van der Waals surface area contributed by atoms with Gasteiger partial charge in [0.05, 0.1) is 19.4 Å². The number of rotatable bonds is 6. The van der Waals surface area contributed by atoms with Crippen LogP contribution in [0.5, 0.6) is 5.75 Å². The minimum absolute atomic E-state index is 0.169. The molecule has 3 aromatic rings. The van der Waals surface area contributed by atoms with Gasteiger partial charge in [-0.1, -0.05) is 18.2 Å². The lowest BCUT2D eigenvalue weighted by Gasteiger charge is -2.13. The number of carbonyl (C=O) groups is 1. The molecule has 0 radical (unpaired) electrons. The molecule has 1 aliphatic heterocycles. The topological polar surface area (TPSA) is 61.7 Å². The average Bonchev–Trinajstić information content (AvgIpc) is 3.27. The second-order valence-electron chi connectivity index (χ2n) is 6.88. The van der Waals surface area contributed by atoms with Gasteiger partial charge < -0.3 is 24.1 Å². The van der Waals surface area contributed by atoms with E-state index in [0.717, 1.165) is 40.2 Å². The van der Waals surface area contributed by atoms with Crippen molar-refractivity contribution in [3.8, 4) is 22.7 Å². The summed E-state index contributed by atoms with van der Waals surface area (Å²) in [5.41, 5.74) is 7.67. The van der Waals surface area contributed by atoms with Crippen molar-refractivity contribution in [2.24, 2.45) is 0 Å². The molecule has 0 atom stereocenters. The molecule has 0 saturated heterocycles. The third-order valence-corrected chi connectivity index (χ3v) is 5.29. The molecular weight excluding hydrogens is 368 g/mol. The van der Waals surface area contributed by atoms with Crippen LogP contribution < -0.4 is 10.1 Å². The van der Waals surface area contributed by atoms with Gasteiger partial charge in [-0.15, -0.1) is 0 Å². The number of nitrogens with zero attached hydrogens (tertiary/aromatic N) is 1. The number of fused-ring (bicyclic) bond motifs is 3. The van der Waals surface area contributed by atoms with E-state index >= 15 is 0 Å².